The first-order valence-corrected chi connectivity index (χ1v) is 7.60. The zero-order valence-corrected chi connectivity index (χ0v) is 10.1. The van der Waals surface area contributed by atoms with E-state index in [0.717, 1.165) is 6.42 Å². The second-order valence-corrected chi connectivity index (χ2v) is 7.12. The molecule has 6 heteroatoms. The van der Waals surface area contributed by atoms with E-state index in [1.165, 1.54) is 0 Å². The number of ether oxygens (including phenoxy) is 1. The molecular weight excluding hydrogens is 230 g/mol. The first-order valence-electron chi connectivity index (χ1n) is 5.75. The molecular formula is C10H19NO4S. The number of nitrogens with zero attached hydrogens (tertiary/aromatic N) is 1. The van der Waals surface area contributed by atoms with Crippen LogP contribution >= 0.6 is 0 Å². The Kier molecular flexibility index (Phi) is 3.84. The molecule has 2 aliphatic rings. The van der Waals surface area contributed by atoms with Crippen molar-refractivity contribution in [3.8, 4) is 0 Å². The third kappa shape index (κ3) is 2.94. The highest BCUT2D eigenvalue weighted by Gasteiger charge is 2.29. The van der Waals surface area contributed by atoms with E-state index in [0.29, 0.717) is 30.9 Å². The summed E-state index contributed by atoms with van der Waals surface area (Å²) in [7, 11) is -1.98. The number of aliphatic hydroxyl groups excluding tert-OH is 2. The van der Waals surface area contributed by atoms with Crippen molar-refractivity contribution in [1.82, 2.24) is 0 Å². The maximum atomic E-state index is 12.0. The van der Waals surface area contributed by atoms with Gasteiger partial charge in [0.05, 0.1) is 18.8 Å². The fourth-order valence-corrected chi connectivity index (χ4v) is 4.24. The van der Waals surface area contributed by atoms with Gasteiger partial charge in [-0.3, -0.25) is 0 Å². The van der Waals surface area contributed by atoms with E-state index in [4.69, 9.17) is 4.74 Å². The van der Waals surface area contributed by atoms with Gasteiger partial charge in [0.15, 0.2) is 0 Å². The Balaban J connectivity index is 1.81. The molecule has 16 heavy (non-hydrogen) atoms. The molecule has 0 aliphatic carbocycles. The molecule has 2 N–H and O–H groups in total. The lowest BCUT2D eigenvalue weighted by molar-refractivity contribution is -0.121. The van der Waals surface area contributed by atoms with Crippen LogP contribution in [0.15, 0.2) is 4.36 Å². The van der Waals surface area contributed by atoms with Crippen molar-refractivity contribution in [2.45, 2.75) is 37.6 Å². The Labute approximate surface area is 96.0 Å². The smallest absolute Gasteiger partial charge is 0.103 e. The molecule has 4 atom stereocenters. The van der Waals surface area contributed by atoms with Gasteiger partial charge in [-0.1, -0.05) is 0 Å². The molecule has 1 unspecified atom stereocenters. The fraction of sp³-hybridized carbons (Fsp3) is 1.00. The van der Waals surface area contributed by atoms with Crippen LogP contribution in [0.1, 0.15) is 19.3 Å². The van der Waals surface area contributed by atoms with Crippen molar-refractivity contribution in [2.24, 2.45) is 4.36 Å². The SMILES string of the molecule is O=S1(CC[C@@H]2C[C@H](O)[C@H](O)CO2)=NCCC1. The predicted octanol–water partition coefficient (Wildman–Crippen LogP) is -0.241. The second kappa shape index (κ2) is 5.00. The minimum atomic E-state index is -1.98. The minimum absolute atomic E-state index is 0.0903. The molecule has 5 nitrogen and oxygen atoms in total. The van der Waals surface area contributed by atoms with Gasteiger partial charge in [-0.2, -0.15) is 0 Å². The van der Waals surface area contributed by atoms with E-state index < -0.39 is 21.9 Å². The van der Waals surface area contributed by atoms with Crippen LogP contribution in [0.3, 0.4) is 0 Å². The fourth-order valence-electron chi connectivity index (χ4n) is 2.11. The maximum absolute atomic E-state index is 12.0. The largest absolute Gasteiger partial charge is 0.390 e. The lowest BCUT2D eigenvalue weighted by Crippen LogP contribution is -2.41. The van der Waals surface area contributed by atoms with Crippen LogP contribution < -0.4 is 0 Å². The summed E-state index contributed by atoms with van der Waals surface area (Å²) in [4.78, 5) is 0. The third-order valence-electron chi connectivity index (χ3n) is 3.16. The molecule has 0 aromatic rings. The lowest BCUT2D eigenvalue weighted by Gasteiger charge is -2.30. The van der Waals surface area contributed by atoms with Crippen molar-refractivity contribution in [2.75, 3.05) is 24.7 Å². The summed E-state index contributed by atoms with van der Waals surface area (Å²) in [5.74, 6) is 1.26. The molecule has 0 bridgehead atoms. The predicted molar refractivity (Wildman–Crippen MR) is 60.8 cm³/mol. The topological polar surface area (TPSA) is 79.1 Å². The molecule has 2 heterocycles. The molecule has 0 saturated carbocycles. The Bertz CT molecular complexity index is 351. The van der Waals surface area contributed by atoms with Crippen molar-refractivity contribution in [3.63, 3.8) is 0 Å². The summed E-state index contributed by atoms with van der Waals surface area (Å²) in [6.07, 6.45) is 0.430. The molecule has 0 amide bonds. The van der Waals surface area contributed by atoms with E-state index in [1.54, 1.807) is 0 Å². The highest BCUT2D eigenvalue weighted by Crippen LogP contribution is 2.19. The molecule has 0 spiro atoms. The molecule has 0 aromatic heterocycles. The van der Waals surface area contributed by atoms with Crippen molar-refractivity contribution < 1.29 is 19.2 Å². The second-order valence-electron chi connectivity index (χ2n) is 4.50. The molecule has 0 radical (unpaired) electrons. The highest BCUT2D eigenvalue weighted by atomic mass is 32.2. The Morgan fingerprint density at radius 3 is 2.81 bits per heavy atom. The van der Waals surface area contributed by atoms with Crippen molar-refractivity contribution in [1.29, 1.82) is 0 Å². The van der Waals surface area contributed by atoms with Gasteiger partial charge in [0.2, 0.25) is 0 Å². The van der Waals surface area contributed by atoms with Gasteiger partial charge in [-0.25, -0.2) is 8.57 Å². The summed E-state index contributed by atoms with van der Waals surface area (Å²) in [6, 6.07) is 0. The van der Waals surface area contributed by atoms with Crippen molar-refractivity contribution >= 4 is 9.73 Å². The molecule has 94 valence electrons. The third-order valence-corrected chi connectivity index (χ3v) is 5.61. The van der Waals surface area contributed by atoms with E-state index >= 15 is 0 Å². The zero-order chi connectivity index (χ0) is 11.6. The van der Waals surface area contributed by atoms with Crippen LogP contribution in [0.5, 0.6) is 0 Å². The van der Waals surface area contributed by atoms with Crippen LogP contribution in [-0.2, 0) is 14.5 Å². The van der Waals surface area contributed by atoms with Crippen LogP contribution in [-0.4, -0.2) is 57.4 Å². The monoisotopic (exact) mass is 249 g/mol. The van der Waals surface area contributed by atoms with Gasteiger partial charge in [0.25, 0.3) is 0 Å². The summed E-state index contributed by atoms with van der Waals surface area (Å²) in [5, 5.41) is 18.8. The summed E-state index contributed by atoms with van der Waals surface area (Å²) in [5.41, 5.74) is 0. The van der Waals surface area contributed by atoms with E-state index in [-0.39, 0.29) is 12.7 Å². The van der Waals surface area contributed by atoms with Crippen LogP contribution in [0.25, 0.3) is 0 Å². The normalized spacial score (nSPS) is 44.2. The quantitative estimate of drug-likeness (QED) is 0.723. The molecule has 1 fully saturated rings. The van der Waals surface area contributed by atoms with E-state index in [1.807, 2.05) is 0 Å². The number of hydrogen-bond acceptors (Lipinski definition) is 5. The number of rotatable bonds is 3. The summed E-state index contributed by atoms with van der Waals surface area (Å²) in [6.45, 7) is 0.885. The van der Waals surface area contributed by atoms with Crippen LogP contribution in [0.4, 0.5) is 0 Å². The molecule has 1 saturated heterocycles. The first-order chi connectivity index (χ1) is 7.59. The van der Waals surface area contributed by atoms with Crippen molar-refractivity contribution in [3.05, 3.63) is 0 Å². The van der Waals surface area contributed by atoms with Gasteiger partial charge < -0.3 is 14.9 Å². The Hall–Kier alpha value is -0.170. The van der Waals surface area contributed by atoms with Crippen LogP contribution in [0, 0.1) is 0 Å². The molecule has 0 aromatic carbocycles. The van der Waals surface area contributed by atoms with Gasteiger partial charge in [-0.05, 0) is 12.8 Å². The average Bonchev–Trinajstić information content (AvgIpc) is 2.68. The highest BCUT2D eigenvalue weighted by molar-refractivity contribution is 7.93. The lowest BCUT2D eigenvalue weighted by atomic mass is 10.0. The van der Waals surface area contributed by atoms with Gasteiger partial charge in [-0.15, -0.1) is 0 Å². The summed E-state index contributed by atoms with van der Waals surface area (Å²) >= 11 is 0. The average molecular weight is 249 g/mol. The van der Waals surface area contributed by atoms with E-state index in [2.05, 4.69) is 4.36 Å². The number of hydrogen-bond donors (Lipinski definition) is 2. The van der Waals surface area contributed by atoms with Gasteiger partial charge in [0.1, 0.15) is 6.10 Å². The van der Waals surface area contributed by atoms with Gasteiger partial charge >= 0.3 is 0 Å². The summed E-state index contributed by atoms with van der Waals surface area (Å²) < 4.78 is 21.6. The minimum Gasteiger partial charge on any atom is -0.390 e. The number of aliphatic hydroxyl groups is 2. The Morgan fingerprint density at radius 1 is 1.38 bits per heavy atom. The van der Waals surface area contributed by atoms with Gasteiger partial charge in [0, 0.05) is 34.2 Å². The van der Waals surface area contributed by atoms with Crippen LogP contribution in [0.2, 0.25) is 0 Å². The Morgan fingerprint density at radius 2 is 2.19 bits per heavy atom. The molecule has 2 rings (SSSR count). The zero-order valence-electron chi connectivity index (χ0n) is 9.25. The van der Waals surface area contributed by atoms with E-state index in [9.17, 15) is 14.4 Å². The maximum Gasteiger partial charge on any atom is 0.103 e. The standard InChI is InChI=1S/C10H19NO4S/c12-9-6-8(15-7-10(9)13)2-5-16(14)4-1-3-11-16/h8-10,12-13H,1-7H2/t8-,9+,10-,16?/m1/s1. The molecule has 2 aliphatic heterocycles. The first kappa shape index (κ1) is 12.3.